The van der Waals surface area contributed by atoms with Gasteiger partial charge in [-0.05, 0) is 30.5 Å². The van der Waals surface area contributed by atoms with Gasteiger partial charge in [-0.2, -0.15) is 0 Å². The maximum atomic E-state index is 11.3. The maximum Gasteiger partial charge on any atom is 0.223 e. The van der Waals surface area contributed by atoms with Crippen LogP contribution in [0.15, 0.2) is 53.7 Å². The van der Waals surface area contributed by atoms with Gasteiger partial charge in [-0.3, -0.25) is 9.78 Å². The van der Waals surface area contributed by atoms with Crippen LogP contribution in [-0.4, -0.2) is 20.9 Å². The van der Waals surface area contributed by atoms with Gasteiger partial charge in [0.15, 0.2) is 5.75 Å². The monoisotopic (exact) mass is 321 g/mol. The van der Waals surface area contributed by atoms with Gasteiger partial charge in [0, 0.05) is 48.4 Å². The van der Waals surface area contributed by atoms with Gasteiger partial charge in [0.05, 0.1) is 6.20 Å². The molecule has 0 amide bonds. The van der Waals surface area contributed by atoms with E-state index in [1.165, 1.54) is 18.5 Å². The zero-order valence-corrected chi connectivity index (χ0v) is 13.4. The first kappa shape index (κ1) is 15.9. The molecule has 0 spiro atoms. The van der Waals surface area contributed by atoms with Gasteiger partial charge >= 0.3 is 0 Å². The number of aromatic hydroxyl groups is 1. The molecule has 2 aromatic heterocycles. The molecule has 2 heterocycles. The molecule has 1 aliphatic carbocycles. The summed E-state index contributed by atoms with van der Waals surface area (Å²) in [5, 5.41) is 16.8. The number of hydrogen-bond donors (Lipinski definition) is 2. The minimum absolute atomic E-state index is 0.187. The molecule has 3 rings (SSSR count). The van der Waals surface area contributed by atoms with Crippen molar-refractivity contribution in [3.63, 3.8) is 0 Å². The minimum atomic E-state index is -0.378. The Balaban J connectivity index is 1.85. The third kappa shape index (κ3) is 3.20. The van der Waals surface area contributed by atoms with Crippen molar-refractivity contribution >= 4 is 11.9 Å². The summed E-state index contributed by atoms with van der Waals surface area (Å²) in [6.07, 6.45) is 13.7. The summed E-state index contributed by atoms with van der Waals surface area (Å²) in [4.78, 5) is 15.8. The lowest BCUT2D eigenvalue weighted by Crippen LogP contribution is -2.09. The van der Waals surface area contributed by atoms with E-state index in [4.69, 9.17) is 5.41 Å². The molecule has 5 heteroatoms. The van der Waals surface area contributed by atoms with E-state index in [-0.39, 0.29) is 17.1 Å². The molecule has 0 bridgehead atoms. The first-order valence-electron chi connectivity index (χ1n) is 7.82. The van der Waals surface area contributed by atoms with Crippen molar-refractivity contribution < 1.29 is 5.11 Å². The molecular weight excluding hydrogens is 302 g/mol. The molecule has 0 saturated carbocycles. The summed E-state index contributed by atoms with van der Waals surface area (Å²) in [6, 6.07) is 3.48. The Bertz CT molecular complexity index is 894. The van der Waals surface area contributed by atoms with Gasteiger partial charge in [-0.25, -0.2) is 0 Å². The van der Waals surface area contributed by atoms with Crippen molar-refractivity contribution in [1.82, 2.24) is 9.55 Å². The SMILES string of the molecule is Cc1cc(C2C=CC=C(n3ccc(=O)c(O)c3)C2)cnc1CC=N. The third-order valence-electron chi connectivity index (χ3n) is 4.22. The Morgan fingerprint density at radius 2 is 2.33 bits per heavy atom. The Kier molecular flexibility index (Phi) is 4.42. The maximum absolute atomic E-state index is 11.3. The highest BCUT2D eigenvalue weighted by atomic mass is 16.3. The smallest absolute Gasteiger partial charge is 0.223 e. The minimum Gasteiger partial charge on any atom is -0.503 e. The van der Waals surface area contributed by atoms with Crippen LogP contribution in [0.4, 0.5) is 0 Å². The highest BCUT2D eigenvalue weighted by molar-refractivity contribution is 5.58. The fourth-order valence-corrected chi connectivity index (χ4v) is 2.87. The molecule has 24 heavy (non-hydrogen) atoms. The van der Waals surface area contributed by atoms with Crippen LogP contribution in [0, 0.1) is 12.3 Å². The van der Waals surface area contributed by atoms with Crippen LogP contribution in [0.25, 0.3) is 5.70 Å². The molecular formula is C19H19N3O2. The summed E-state index contributed by atoms with van der Waals surface area (Å²) >= 11 is 0. The average molecular weight is 321 g/mol. The van der Waals surface area contributed by atoms with Crippen LogP contribution < -0.4 is 5.43 Å². The first-order chi connectivity index (χ1) is 11.6. The number of nitrogens with one attached hydrogen (secondary N) is 1. The molecule has 0 aliphatic heterocycles. The van der Waals surface area contributed by atoms with Gasteiger partial charge in [-0.1, -0.05) is 18.2 Å². The van der Waals surface area contributed by atoms with E-state index in [0.717, 1.165) is 28.9 Å². The summed E-state index contributed by atoms with van der Waals surface area (Å²) < 4.78 is 1.77. The largest absolute Gasteiger partial charge is 0.503 e. The standard InChI is InChI=1S/C19H19N3O2/c1-13-9-15(11-21-17(13)5-7-20)14-3-2-4-16(10-14)22-8-6-18(23)19(24)12-22/h2-4,6-9,11-12,14,20,24H,5,10H2,1H3. The fourth-order valence-electron chi connectivity index (χ4n) is 2.87. The number of hydrogen-bond acceptors (Lipinski definition) is 4. The van der Waals surface area contributed by atoms with Gasteiger partial charge in [0.25, 0.3) is 0 Å². The Morgan fingerprint density at radius 3 is 3.04 bits per heavy atom. The summed E-state index contributed by atoms with van der Waals surface area (Å²) in [5.41, 5.74) is 3.75. The van der Waals surface area contributed by atoms with Crippen molar-refractivity contribution in [2.24, 2.45) is 0 Å². The van der Waals surface area contributed by atoms with E-state index in [1.54, 1.807) is 10.8 Å². The zero-order valence-electron chi connectivity index (χ0n) is 13.4. The number of allylic oxidation sites excluding steroid dienone is 4. The van der Waals surface area contributed by atoms with Crippen LogP contribution >= 0.6 is 0 Å². The summed E-state index contributed by atoms with van der Waals surface area (Å²) in [6.45, 7) is 2.01. The van der Waals surface area contributed by atoms with E-state index in [1.807, 2.05) is 25.3 Å². The van der Waals surface area contributed by atoms with Gasteiger partial charge < -0.3 is 15.1 Å². The number of aromatic nitrogens is 2. The van der Waals surface area contributed by atoms with Crippen molar-refractivity contribution in [3.05, 3.63) is 76.0 Å². The summed E-state index contributed by atoms with van der Waals surface area (Å²) in [7, 11) is 0. The van der Waals surface area contributed by atoms with E-state index >= 15 is 0 Å². The number of nitrogens with zero attached hydrogens (tertiary/aromatic N) is 2. The zero-order chi connectivity index (χ0) is 17.1. The lowest BCUT2D eigenvalue weighted by molar-refractivity contribution is 0.465. The predicted molar refractivity (Wildman–Crippen MR) is 94.6 cm³/mol. The van der Waals surface area contributed by atoms with Gasteiger partial charge in [0.1, 0.15) is 0 Å². The van der Waals surface area contributed by atoms with Crippen LogP contribution in [0.3, 0.4) is 0 Å². The normalized spacial score (nSPS) is 16.7. The van der Waals surface area contributed by atoms with Crippen molar-refractivity contribution in [2.75, 3.05) is 0 Å². The molecule has 122 valence electrons. The highest BCUT2D eigenvalue weighted by Gasteiger charge is 2.16. The second kappa shape index (κ2) is 6.66. The van der Waals surface area contributed by atoms with Crippen LogP contribution in [0.2, 0.25) is 0 Å². The lowest BCUT2D eigenvalue weighted by atomic mass is 9.90. The van der Waals surface area contributed by atoms with Gasteiger partial charge in [-0.15, -0.1) is 0 Å². The molecule has 1 atom stereocenters. The quantitative estimate of drug-likeness (QED) is 0.850. The second-order valence-corrected chi connectivity index (χ2v) is 5.90. The first-order valence-corrected chi connectivity index (χ1v) is 7.82. The molecule has 5 nitrogen and oxygen atoms in total. The summed E-state index contributed by atoms with van der Waals surface area (Å²) in [5.74, 6) is -0.0650. The van der Waals surface area contributed by atoms with Crippen molar-refractivity contribution in [3.8, 4) is 5.75 Å². The van der Waals surface area contributed by atoms with Crippen LogP contribution in [0.5, 0.6) is 5.75 Å². The Morgan fingerprint density at radius 1 is 1.50 bits per heavy atom. The molecule has 1 aliphatic rings. The average Bonchev–Trinajstić information content (AvgIpc) is 2.59. The third-order valence-corrected chi connectivity index (χ3v) is 4.22. The molecule has 0 fully saturated rings. The van der Waals surface area contributed by atoms with E-state index < -0.39 is 0 Å². The highest BCUT2D eigenvalue weighted by Crippen LogP contribution is 2.31. The molecule has 0 radical (unpaired) electrons. The Labute approximate surface area is 140 Å². The van der Waals surface area contributed by atoms with Gasteiger partial charge in [0.2, 0.25) is 5.43 Å². The van der Waals surface area contributed by atoms with Crippen LogP contribution in [0.1, 0.15) is 29.2 Å². The second-order valence-electron chi connectivity index (χ2n) is 5.90. The molecule has 0 saturated heterocycles. The number of pyridine rings is 2. The van der Waals surface area contributed by atoms with E-state index in [9.17, 15) is 9.90 Å². The van der Waals surface area contributed by atoms with E-state index in [2.05, 4.69) is 17.1 Å². The predicted octanol–water partition coefficient (Wildman–Crippen LogP) is 3.03. The topological polar surface area (TPSA) is 79.0 Å². The van der Waals surface area contributed by atoms with Crippen molar-refractivity contribution in [1.29, 1.82) is 5.41 Å². The Hall–Kier alpha value is -2.95. The fraction of sp³-hybridized carbons (Fsp3) is 0.211. The number of aryl methyl sites for hydroxylation is 1. The lowest BCUT2D eigenvalue weighted by Gasteiger charge is -2.21. The van der Waals surface area contributed by atoms with Crippen LogP contribution in [-0.2, 0) is 6.42 Å². The molecule has 2 aromatic rings. The number of rotatable bonds is 4. The van der Waals surface area contributed by atoms with E-state index in [0.29, 0.717) is 6.42 Å². The molecule has 0 aromatic carbocycles. The molecule has 1 unspecified atom stereocenters. The molecule has 2 N–H and O–H groups in total. The van der Waals surface area contributed by atoms with Crippen molar-refractivity contribution in [2.45, 2.75) is 25.7 Å².